The molecular formula is C17H25NO4S. The van der Waals surface area contributed by atoms with E-state index in [2.05, 4.69) is 18.6 Å². The summed E-state index contributed by atoms with van der Waals surface area (Å²) in [5.41, 5.74) is -0.115. The average Bonchev–Trinajstić information content (AvgIpc) is 2.93. The number of rotatable bonds is 5. The van der Waals surface area contributed by atoms with E-state index in [1.54, 1.807) is 0 Å². The molecular weight excluding hydrogens is 314 g/mol. The van der Waals surface area contributed by atoms with Gasteiger partial charge in [0.2, 0.25) is 10.0 Å². The predicted molar refractivity (Wildman–Crippen MR) is 87.4 cm³/mol. The van der Waals surface area contributed by atoms with Gasteiger partial charge < -0.3 is 4.42 Å². The molecule has 5 nitrogen and oxygen atoms in total. The maximum absolute atomic E-state index is 12.6. The van der Waals surface area contributed by atoms with Gasteiger partial charge in [0.25, 0.3) is 0 Å². The molecule has 1 aromatic heterocycles. The highest BCUT2D eigenvalue weighted by atomic mass is 32.2. The number of ketones is 1. The van der Waals surface area contributed by atoms with E-state index in [1.807, 2.05) is 19.9 Å². The first-order valence-electron chi connectivity index (χ1n) is 8.14. The Hall–Kier alpha value is -1.14. The highest BCUT2D eigenvalue weighted by molar-refractivity contribution is 7.89. The van der Waals surface area contributed by atoms with E-state index in [4.69, 9.17) is 4.42 Å². The molecule has 128 valence electrons. The fraction of sp³-hybridized carbons (Fsp3) is 0.706. The smallest absolute Gasteiger partial charge is 0.212 e. The van der Waals surface area contributed by atoms with Gasteiger partial charge in [0, 0.05) is 23.9 Å². The Bertz CT molecular complexity index is 747. The van der Waals surface area contributed by atoms with Crippen molar-refractivity contribution >= 4 is 15.8 Å². The van der Waals surface area contributed by atoms with Crippen molar-refractivity contribution in [1.29, 1.82) is 0 Å². The molecule has 0 aliphatic heterocycles. The van der Waals surface area contributed by atoms with Crippen LogP contribution in [-0.2, 0) is 21.4 Å². The Labute approximate surface area is 137 Å². The zero-order valence-electron chi connectivity index (χ0n) is 14.2. The summed E-state index contributed by atoms with van der Waals surface area (Å²) in [4.78, 5) is 12.5. The van der Waals surface area contributed by atoms with Crippen LogP contribution in [0.3, 0.4) is 0 Å². The molecule has 0 spiro atoms. The van der Waals surface area contributed by atoms with Crippen molar-refractivity contribution in [3.05, 3.63) is 23.2 Å². The summed E-state index contributed by atoms with van der Waals surface area (Å²) in [5.74, 6) is 1.84. The fourth-order valence-corrected chi connectivity index (χ4v) is 6.33. The molecule has 0 amide bonds. The van der Waals surface area contributed by atoms with Gasteiger partial charge in [-0.25, -0.2) is 13.1 Å². The van der Waals surface area contributed by atoms with Gasteiger partial charge in [0.05, 0.1) is 5.75 Å². The van der Waals surface area contributed by atoms with Crippen LogP contribution in [0.1, 0.15) is 50.2 Å². The van der Waals surface area contributed by atoms with Crippen LogP contribution in [0.5, 0.6) is 0 Å². The zero-order chi connectivity index (χ0) is 17.0. The average molecular weight is 339 g/mol. The highest BCUT2D eigenvalue weighted by Crippen LogP contribution is 2.64. The quantitative estimate of drug-likeness (QED) is 0.895. The third kappa shape index (κ3) is 2.56. The number of carbonyl (C=O) groups is 1. The number of furan rings is 1. The van der Waals surface area contributed by atoms with Crippen LogP contribution < -0.4 is 4.72 Å². The van der Waals surface area contributed by atoms with Crippen molar-refractivity contribution in [1.82, 2.24) is 4.72 Å². The third-order valence-corrected chi connectivity index (χ3v) is 7.66. The molecule has 0 aromatic carbocycles. The summed E-state index contributed by atoms with van der Waals surface area (Å²) >= 11 is 0. The second-order valence-electron chi connectivity index (χ2n) is 7.69. The number of hydrogen-bond donors (Lipinski definition) is 1. The number of nitrogens with one attached hydrogen (secondary N) is 1. The van der Waals surface area contributed by atoms with Crippen LogP contribution in [0.25, 0.3) is 0 Å². The second-order valence-corrected chi connectivity index (χ2v) is 9.49. The number of fused-ring (bicyclic) bond motifs is 2. The SMILES string of the molecule is Cc1cc(CNS(=O)(=O)CC23CCC(CC2=O)C3(C)C)c(C)o1. The molecule has 3 rings (SSSR count). The monoisotopic (exact) mass is 339 g/mol. The third-order valence-electron chi connectivity index (χ3n) is 6.20. The number of carbonyl (C=O) groups excluding carboxylic acids is 1. The zero-order valence-corrected chi connectivity index (χ0v) is 15.0. The number of hydrogen-bond acceptors (Lipinski definition) is 4. The van der Waals surface area contributed by atoms with Crippen LogP contribution in [0.15, 0.2) is 10.5 Å². The molecule has 0 saturated heterocycles. The molecule has 2 unspecified atom stereocenters. The summed E-state index contributed by atoms with van der Waals surface area (Å²) in [6.45, 7) is 7.96. The Balaban J connectivity index is 1.76. The number of aryl methyl sites for hydroxylation is 2. The maximum atomic E-state index is 12.6. The van der Waals surface area contributed by atoms with Crippen molar-refractivity contribution in [3.63, 3.8) is 0 Å². The Morgan fingerprint density at radius 1 is 1.35 bits per heavy atom. The molecule has 1 N–H and O–H groups in total. The van der Waals surface area contributed by atoms with Gasteiger partial charge in [-0.05, 0) is 44.1 Å². The lowest BCUT2D eigenvalue weighted by Gasteiger charge is -2.36. The minimum absolute atomic E-state index is 0.0990. The van der Waals surface area contributed by atoms with Gasteiger partial charge in [-0.15, -0.1) is 0 Å². The van der Waals surface area contributed by atoms with Crippen molar-refractivity contribution in [2.75, 3.05) is 5.75 Å². The van der Waals surface area contributed by atoms with Gasteiger partial charge in [-0.3, -0.25) is 4.79 Å². The van der Waals surface area contributed by atoms with E-state index >= 15 is 0 Å². The Kier molecular flexibility index (Phi) is 3.76. The van der Waals surface area contributed by atoms with Gasteiger partial charge in [-0.2, -0.15) is 0 Å². The largest absolute Gasteiger partial charge is 0.466 e. The summed E-state index contributed by atoms with van der Waals surface area (Å²) < 4.78 is 33.3. The fourth-order valence-electron chi connectivity index (χ4n) is 4.53. The van der Waals surface area contributed by atoms with E-state index in [0.29, 0.717) is 18.8 Å². The van der Waals surface area contributed by atoms with E-state index in [0.717, 1.165) is 23.5 Å². The minimum Gasteiger partial charge on any atom is -0.466 e. The lowest BCUT2D eigenvalue weighted by Crippen LogP contribution is -2.45. The maximum Gasteiger partial charge on any atom is 0.212 e. The molecule has 2 fully saturated rings. The number of Topliss-reactive ketones (excluding diaryl/α,β-unsaturated/α-hetero) is 1. The molecule has 2 bridgehead atoms. The summed E-state index contributed by atoms with van der Waals surface area (Å²) in [7, 11) is -3.53. The van der Waals surface area contributed by atoms with Crippen molar-refractivity contribution in [3.8, 4) is 0 Å². The molecule has 2 saturated carbocycles. The minimum atomic E-state index is -3.53. The van der Waals surface area contributed by atoms with Gasteiger partial charge in [-0.1, -0.05) is 13.8 Å². The molecule has 1 aromatic rings. The molecule has 2 aliphatic rings. The highest BCUT2D eigenvalue weighted by Gasteiger charge is 2.65. The molecule has 1 heterocycles. The lowest BCUT2D eigenvalue weighted by molar-refractivity contribution is -0.128. The first kappa shape index (κ1) is 16.7. The van der Waals surface area contributed by atoms with Crippen LogP contribution in [-0.4, -0.2) is 20.0 Å². The molecule has 2 atom stereocenters. The van der Waals surface area contributed by atoms with Gasteiger partial charge in [0.1, 0.15) is 17.3 Å². The molecule has 2 aliphatic carbocycles. The van der Waals surface area contributed by atoms with Crippen LogP contribution >= 0.6 is 0 Å². The Morgan fingerprint density at radius 2 is 2.04 bits per heavy atom. The van der Waals surface area contributed by atoms with Crippen molar-refractivity contribution < 1.29 is 17.6 Å². The van der Waals surface area contributed by atoms with Gasteiger partial charge in [0.15, 0.2) is 0 Å². The standard InChI is InChI=1S/C17H25NO4S/c1-11-7-13(12(2)22-11)9-18-23(20,21)10-17-6-5-14(8-15(17)19)16(17,3)4/h7,14,18H,5-6,8-10H2,1-4H3. The molecule has 6 heteroatoms. The normalized spacial score (nSPS) is 29.4. The topological polar surface area (TPSA) is 76.4 Å². The van der Waals surface area contributed by atoms with Crippen LogP contribution in [0.4, 0.5) is 0 Å². The van der Waals surface area contributed by atoms with Crippen molar-refractivity contribution in [2.24, 2.45) is 16.7 Å². The lowest BCUT2D eigenvalue weighted by atomic mass is 9.70. The van der Waals surface area contributed by atoms with Crippen molar-refractivity contribution in [2.45, 2.75) is 53.5 Å². The van der Waals surface area contributed by atoms with E-state index in [1.165, 1.54) is 0 Å². The molecule has 23 heavy (non-hydrogen) atoms. The summed E-state index contributed by atoms with van der Waals surface area (Å²) in [5, 5.41) is 0. The van der Waals surface area contributed by atoms with Gasteiger partial charge >= 0.3 is 0 Å². The Morgan fingerprint density at radius 3 is 2.52 bits per heavy atom. The van der Waals surface area contributed by atoms with E-state index < -0.39 is 15.4 Å². The summed E-state index contributed by atoms with van der Waals surface area (Å²) in [6, 6.07) is 1.84. The number of sulfonamides is 1. The van der Waals surface area contributed by atoms with Crippen LogP contribution in [0.2, 0.25) is 0 Å². The van der Waals surface area contributed by atoms with Crippen LogP contribution in [0, 0.1) is 30.6 Å². The first-order valence-corrected chi connectivity index (χ1v) is 9.79. The van der Waals surface area contributed by atoms with E-state index in [9.17, 15) is 13.2 Å². The van der Waals surface area contributed by atoms with E-state index in [-0.39, 0.29) is 23.5 Å². The molecule has 0 radical (unpaired) electrons. The predicted octanol–water partition coefficient (Wildman–Crippen LogP) is 2.71. The second kappa shape index (κ2) is 5.18. The first-order chi connectivity index (χ1) is 10.6. The summed E-state index contributed by atoms with van der Waals surface area (Å²) in [6.07, 6.45) is 2.17.